The molecule has 114 valence electrons. The van der Waals surface area contributed by atoms with Crippen LogP contribution in [0, 0.1) is 10.1 Å². The molecule has 2 N–H and O–H groups in total. The molecular weight excluding hydrogens is 284 g/mol. The summed E-state index contributed by atoms with van der Waals surface area (Å²) >= 11 is 0. The average molecular weight is 301 g/mol. The van der Waals surface area contributed by atoms with Crippen LogP contribution in [0.15, 0.2) is 48.5 Å². The molecule has 6 nitrogen and oxygen atoms in total. The number of fused-ring (bicyclic) bond motifs is 1. The van der Waals surface area contributed by atoms with Crippen molar-refractivity contribution in [3.63, 3.8) is 0 Å². The molecule has 22 heavy (non-hydrogen) atoms. The van der Waals surface area contributed by atoms with E-state index in [0.29, 0.717) is 6.61 Å². The topological polar surface area (TPSA) is 78.2 Å². The Hall–Kier alpha value is -2.60. The van der Waals surface area contributed by atoms with Gasteiger partial charge in [0.15, 0.2) is 17.6 Å². The first-order valence-electron chi connectivity index (χ1n) is 7.16. The molecule has 0 saturated carbocycles. The van der Waals surface area contributed by atoms with Crippen LogP contribution in [0.4, 0.5) is 5.69 Å². The Balaban J connectivity index is 1.49. The molecule has 0 aliphatic carbocycles. The highest BCUT2D eigenvalue weighted by molar-refractivity contribution is 5.40. The van der Waals surface area contributed by atoms with Crippen molar-refractivity contribution in [2.24, 2.45) is 0 Å². The summed E-state index contributed by atoms with van der Waals surface area (Å²) in [6, 6.07) is 14.3. The van der Waals surface area contributed by atoms with E-state index in [9.17, 15) is 10.1 Å². The second-order valence-corrected chi connectivity index (χ2v) is 5.15. The fraction of sp³-hybridized carbons (Fsp3) is 0.250. The SMILES string of the molecule is O=[N+]([O-])c1ccc(C[NH2+]C[C@H]2COc3ccccc3O2)cc1. The minimum absolute atomic E-state index is 0.00736. The maximum absolute atomic E-state index is 10.6. The van der Waals surface area contributed by atoms with Crippen LogP contribution in [-0.4, -0.2) is 24.2 Å². The van der Waals surface area contributed by atoms with Crippen molar-refractivity contribution in [2.75, 3.05) is 13.2 Å². The average Bonchev–Trinajstić information content (AvgIpc) is 2.55. The Labute approximate surface area is 127 Å². The molecule has 0 amide bonds. The van der Waals surface area contributed by atoms with Gasteiger partial charge in [-0.15, -0.1) is 0 Å². The van der Waals surface area contributed by atoms with Crippen molar-refractivity contribution in [1.82, 2.24) is 0 Å². The van der Waals surface area contributed by atoms with Gasteiger partial charge in [-0.1, -0.05) is 12.1 Å². The van der Waals surface area contributed by atoms with Gasteiger partial charge in [0, 0.05) is 17.7 Å². The maximum atomic E-state index is 10.6. The maximum Gasteiger partial charge on any atom is 0.269 e. The Morgan fingerprint density at radius 3 is 2.59 bits per heavy atom. The molecule has 0 unspecified atom stereocenters. The van der Waals surface area contributed by atoms with Gasteiger partial charge in [0.25, 0.3) is 5.69 Å². The largest absolute Gasteiger partial charge is 0.486 e. The van der Waals surface area contributed by atoms with Gasteiger partial charge < -0.3 is 14.8 Å². The number of ether oxygens (including phenoxy) is 2. The second kappa shape index (κ2) is 6.44. The van der Waals surface area contributed by atoms with Gasteiger partial charge in [-0.2, -0.15) is 0 Å². The number of quaternary nitrogens is 1. The van der Waals surface area contributed by atoms with Crippen LogP contribution >= 0.6 is 0 Å². The summed E-state index contributed by atoms with van der Waals surface area (Å²) in [5, 5.41) is 12.7. The Morgan fingerprint density at radius 2 is 1.86 bits per heavy atom. The zero-order chi connectivity index (χ0) is 15.4. The summed E-state index contributed by atoms with van der Waals surface area (Å²) in [6.45, 7) is 2.05. The standard InChI is InChI=1S/C16H16N2O4/c19-18(20)13-7-5-12(6-8-13)9-17-10-14-11-21-15-3-1-2-4-16(15)22-14/h1-8,14,17H,9-11H2/p+1/t14-/m0/s1. The summed E-state index contributed by atoms with van der Waals surface area (Å²) in [5.74, 6) is 1.57. The number of rotatable bonds is 5. The third-order valence-electron chi connectivity index (χ3n) is 3.52. The molecule has 1 aliphatic rings. The third-order valence-corrected chi connectivity index (χ3v) is 3.52. The molecule has 1 aliphatic heterocycles. The summed E-state index contributed by atoms with van der Waals surface area (Å²) in [7, 11) is 0. The predicted octanol–water partition coefficient (Wildman–Crippen LogP) is 1.50. The summed E-state index contributed by atoms with van der Waals surface area (Å²) in [4.78, 5) is 10.2. The molecule has 6 heteroatoms. The van der Waals surface area contributed by atoms with Crippen molar-refractivity contribution >= 4 is 5.69 Å². The molecule has 0 aromatic heterocycles. The van der Waals surface area contributed by atoms with E-state index >= 15 is 0 Å². The Kier molecular flexibility index (Phi) is 4.20. The van der Waals surface area contributed by atoms with Crippen molar-refractivity contribution in [3.8, 4) is 11.5 Å². The molecule has 1 heterocycles. The van der Waals surface area contributed by atoms with E-state index < -0.39 is 4.92 Å². The molecule has 0 spiro atoms. The number of hydrogen-bond donors (Lipinski definition) is 1. The summed E-state index contributed by atoms with van der Waals surface area (Å²) in [5.41, 5.74) is 1.16. The fourth-order valence-electron chi connectivity index (χ4n) is 2.37. The van der Waals surface area contributed by atoms with Crippen LogP contribution in [-0.2, 0) is 6.54 Å². The number of nitrogens with two attached hydrogens (primary N) is 1. The summed E-state index contributed by atoms with van der Waals surface area (Å²) in [6.07, 6.45) is 0.00736. The number of para-hydroxylation sites is 2. The zero-order valence-corrected chi connectivity index (χ0v) is 12.0. The number of nitrogens with zero attached hydrogens (tertiary/aromatic N) is 1. The van der Waals surface area contributed by atoms with Crippen molar-refractivity contribution in [2.45, 2.75) is 12.6 Å². The molecule has 3 rings (SSSR count). The molecule has 0 saturated heterocycles. The van der Waals surface area contributed by atoms with Crippen LogP contribution in [0.3, 0.4) is 0 Å². The smallest absolute Gasteiger partial charge is 0.269 e. The van der Waals surface area contributed by atoms with Gasteiger partial charge in [-0.3, -0.25) is 10.1 Å². The van der Waals surface area contributed by atoms with Crippen LogP contribution < -0.4 is 14.8 Å². The molecule has 0 fully saturated rings. The Bertz CT molecular complexity index is 657. The first-order valence-corrected chi connectivity index (χ1v) is 7.16. The van der Waals surface area contributed by atoms with E-state index in [4.69, 9.17) is 9.47 Å². The van der Waals surface area contributed by atoms with E-state index in [1.54, 1.807) is 12.1 Å². The van der Waals surface area contributed by atoms with Gasteiger partial charge in [-0.25, -0.2) is 0 Å². The number of benzene rings is 2. The van der Waals surface area contributed by atoms with Gasteiger partial charge in [-0.05, 0) is 24.3 Å². The quantitative estimate of drug-likeness (QED) is 0.670. The number of non-ortho nitro benzene ring substituents is 1. The lowest BCUT2D eigenvalue weighted by atomic mass is 10.2. The van der Waals surface area contributed by atoms with Crippen LogP contribution in [0.5, 0.6) is 11.5 Å². The Morgan fingerprint density at radius 1 is 1.14 bits per heavy atom. The first kappa shape index (κ1) is 14.3. The number of nitro benzene ring substituents is 1. The lowest BCUT2D eigenvalue weighted by Gasteiger charge is -2.25. The van der Waals surface area contributed by atoms with Gasteiger partial charge in [0.2, 0.25) is 0 Å². The highest BCUT2D eigenvalue weighted by atomic mass is 16.6. The van der Waals surface area contributed by atoms with Gasteiger partial charge in [0.1, 0.15) is 19.7 Å². The number of hydrogen-bond acceptors (Lipinski definition) is 4. The normalized spacial score (nSPS) is 16.3. The van der Waals surface area contributed by atoms with Crippen LogP contribution in [0.25, 0.3) is 0 Å². The highest BCUT2D eigenvalue weighted by Crippen LogP contribution is 2.30. The molecule has 0 radical (unpaired) electrons. The number of nitro groups is 1. The second-order valence-electron chi connectivity index (χ2n) is 5.15. The van der Waals surface area contributed by atoms with Crippen molar-refractivity contribution in [3.05, 3.63) is 64.2 Å². The summed E-state index contributed by atoms with van der Waals surface area (Å²) < 4.78 is 11.5. The van der Waals surface area contributed by atoms with E-state index in [1.165, 1.54) is 12.1 Å². The van der Waals surface area contributed by atoms with Gasteiger partial charge >= 0.3 is 0 Å². The third kappa shape index (κ3) is 3.35. The minimum atomic E-state index is -0.391. The molecule has 2 aromatic rings. The minimum Gasteiger partial charge on any atom is -0.486 e. The van der Waals surface area contributed by atoms with E-state index in [1.807, 2.05) is 24.3 Å². The molecule has 2 aromatic carbocycles. The lowest BCUT2D eigenvalue weighted by molar-refractivity contribution is -0.676. The van der Waals surface area contributed by atoms with Crippen molar-refractivity contribution in [1.29, 1.82) is 0 Å². The van der Waals surface area contributed by atoms with Gasteiger partial charge in [0.05, 0.1) is 4.92 Å². The van der Waals surface area contributed by atoms with Crippen molar-refractivity contribution < 1.29 is 19.7 Å². The first-order chi connectivity index (χ1) is 10.7. The van der Waals surface area contributed by atoms with E-state index in [2.05, 4.69) is 5.32 Å². The zero-order valence-electron chi connectivity index (χ0n) is 12.0. The fourth-order valence-corrected chi connectivity index (χ4v) is 2.37. The predicted molar refractivity (Wildman–Crippen MR) is 79.9 cm³/mol. The van der Waals surface area contributed by atoms with E-state index in [-0.39, 0.29) is 11.8 Å². The monoisotopic (exact) mass is 301 g/mol. The molecule has 0 bridgehead atoms. The molecular formula is C16H17N2O4+. The lowest BCUT2D eigenvalue weighted by Crippen LogP contribution is -2.85. The van der Waals surface area contributed by atoms with Crippen LogP contribution in [0.1, 0.15) is 5.56 Å². The highest BCUT2D eigenvalue weighted by Gasteiger charge is 2.21. The van der Waals surface area contributed by atoms with Crippen LogP contribution in [0.2, 0.25) is 0 Å². The van der Waals surface area contributed by atoms with E-state index in [0.717, 1.165) is 30.2 Å². The molecule has 1 atom stereocenters.